The van der Waals surface area contributed by atoms with Crippen LogP contribution in [0.15, 0.2) is 43.0 Å². The predicted octanol–water partition coefficient (Wildman–Crippen LogP) is 3.30. The smallest absolute Gasteiger partial charge is 0.226 e. The van der Waals surface area contributed by atoms with Crippen LogP contribution in [0.4, 0.5) is 11.4 Å². The van der Waals surface area contributed by atoms with Crippen LogP contribution in [0.1, 0.15) is 13.8 Å². The van der Waals surface area contributed by atoms with Crippen molar-refractivity contribution in [2.45, 2.75) is 13.8 Å². The molecule has 0 bridgehead atoms. The van der Waals surface area contributed by atoms with Gasteiger partial charge in [0.1, 0.15) is 11.2 Å². The Balaban J connectivity index is 1.36. The minimum atomic E-state index is -0.120. The van der Waals surface area contributed by atoms with Crippen molar-refractivity contribution in [2.24, 2.45) is 5.92 Å². The van der Waals surface area contributed by atoms with Gasteiger partial charge in [0.2, 0.25) is 5.91 Å². The average molecular weight is 497 g/mol. The SMILES string of the molecule is CC(C)C(=O)Nc1cncc(-c2cnc3[nH]nc(-c4nc5c(N6CCN(C)CC6)ccnc5[nH]4)c3c2)c1. The Bertz CT molecular complexity index is 1600. The molecule has 1 aliphatic rings. The Labute approximate surface area is 213 Å². The molecule has 11 nitrogen and oxygen atoms in total. The highest BCUT2D eigenvalue weighted by Gasteiger charge is 2.21. The summed E-state index contributed by atoms with van der Waals surface area (Å²) in [5, 5.41) is 11.3. The monoisotopic (exact) mass is 496 g/mol. The molecule has 0 aromatic carbocycles. The fraction of sp³-hybridized carbons (Fsp3) is 0.308. The maximum absolute atomic E-state index is 12.1. The summed E-state index contributed by atoms with van der Waals surface area (Å²) >= 11 is 0. The average Bonchev–Trinajstić information content (AvgIpc) is 3.53. The minimum Gasteiger partial charge on any atom is -0.367 e. The topological polar surface area (TPSA) is 132 Å². The minimum absolute atomic E-state index is 0.0564. The summed E-state index contributed by atoms with van der Waals surface area (Å²) in [6.07, 6.45) is 6.97. The fourth-order valence-electron chi connectivity index (χ4n) is 4.51. The van der Waals surface area contributed by atoms with E-state index < -0.39 is 0 Å². The number of anilines is 2. The van der Waals surface area contributed by atoms with E-state index >= 15 is 0 Å². The second-order valence-corrected chi connectivity index (χ2v) is 9.70. The molecule has 0 unspecified atom stereocenters. The molecule has 1 amide bonds. The van der Waals surface area contributed by atoms with Crippen molar-refractivity contribution in [3.63, 3.8) is 0 Å². The second-order valence-electron chi connectivity index (χ2n) is 9.70. The Morgan fingerprint density at radius 1 is 1.03 bits per heavy atom. The van der Waals surface area contributed by atoms with Gasteiger partial charge in [-0.05, 0) is 25.2 Å². The van der Waals surface area contributed by atoms with Gasteiger partial charge < -0.3 is 20.1 Å². The number of aromatic nitrogens is 7. The van der Waals surface area contributed by atoms with Gasteiger partial charge in [-0.15, -0.1) is 0 Å². The number of carbonyl (C=O) groups excluding carboxylic acids is 1. The van der Waals surface area contributed by atoms with E-state index in [1.807, 2.05) is 38.2 Å². The number of hydrogen-bond acceptors (Lipinski definition) is 8. The fourth-order valence-corrected chi connectivity index (χ4v) is 4.51. The molecule has 6 rings (SSSR count). The lowest BCUT2D eigenvalue weighted by Crippen LogP contribution is -2.44. The van der Waals surface area contributed by atoms with E-state index in [9.17, 15) is 4.79 Å². The van der Waals surface area contributed by atoms with Gasteiger partial charge in [0, 0.05) is 61.8 Å². The van der Waals surface area contributed by atoms with E-state index in [4.69, 9.17) is 4.98 Å². The van der Waals surface area contributed by atoms with Crippen LogP contribution in [-0.4, -0.2) is 79.2 Å². The van der Waals surface area contributed by atoms with Crippen LogP contribution in [0.3, 0.4) is 0 Å². The molecule has 3 N–H and O–H groups in total. The van der Waals surface area contributed by atoms with E-state index in [1.54, 1.807) is 18.6 Å². The molecule has 0 atom stereocenters. The normalized spacial score (nSPS) is 14.6. The number of likely N-dealkylation sites (N-methyl/N-ethyl adjacent to an activating group) is 1. The Hall–Kier alpha value is -4.38. The highest BCUT2D eigenvalue weighted by molar-refractivity contribution is 5.96. The number of imidazole rings is 1. The quantitative estimate of drug-likeness (QED) is 0.338. The molecule has 1 aliphatic heterocycles. The van der Waals surface area contributed by atoms with Gasteiger partial charge >= 0.3 is 0 Å². The zero-order valence-electron chi connectivity index (χ0n) is 21.0. The lowest BCUT2D eigenvalue weighted by Gasteiger charge is -2.33. The summed E-state index contributed by atoms with van der Waals surface area (Å²) in [5.41, 5.74) is 6.30. The molecule has 0 spiro atoms. The summed E-state index contributed by atoms with van der Waals surface area (Å²) in [5.74, 6) is 0.453. The van der Waals surface area contributed by atoms with Crippen LogP contribution in [0, 0.1) is 5.92 Å². The van der Waals surface area contributed by atoms with E-state index in [-0.39, 0.29) is 11.8 Å². The highest BCUT2D eigenvalue weighted by atomic mass is 16.1. The lowest BCUT2D eigenvalue weighted by atomic mass is 10.1. The molecule has 0 aliphatic carbocycles. The molecule has 1 fully saturated rings. The predicted molar refractivity (Wildman–Crippen MR) is 143 cm³/mol. The number of H-pyrrole nitrogens is 2. The van der Waals surface area contributed by atoms with Gasteiger partial charge in [-0.2, -0.15) is 5.10 Å². The standard InChI is InChI=1S/C26H28N10O/c1-15(2)26(37)30-18-10-16(12-27-14-18)17-11-19-21(33-34-23(19)29-13-17)25-31-22-20(4-5-28-24(22)32-25)36-8-6-35(3)7-9-36/h4-5,10-15H,6-9H2,1-3H3,(H,30,37)(H,28,31,32)(H,29,33,34). The van der Waals surface area contributed by atoms with Crippen LogP contribution in [-0.2, 0) is 4.79 Å². The number of carbonyl (C=O) groups is 1. The van der Waals surface area contributed by atoms with E-state index in [2.05, 4.69) is 52.3 Å². The zero-order valence-corrected chi connectivity index (χ0v) is 21.0. The summed E-state index contributed by atoms with van der Waals surface area (Å²) in [4.78, 5) is 38.5. The first-order chi connectivity index (χ1) is 18.0. The van der Waals surface area contributed by atoms with Crippen molar-refractivity contribution < 1.29 is 4.79 Å². The number of fused-ring (bicyclic) bond motifs is 2. The lowest BCUT2D eigenvalue weighted by molar-refractivity contribution is -0.118. The first-order valence-corrected chi connectivity index (χ1v) is 12.4. The summed E-state index contributed by atoms with van der Waals surface area (Å²) in [6.45, 7) is 7.62. The summed E-state index contributed by atoms with van der Waals surface area (Å²) in [6, 6.07) is 5.93. The second kappa shape index (κ2) is 9.25. The number of nitrogens with one attached hydrogen (secondary N) is 3. The van der Waals surface area contributed by atoms with Crippen LogP contribution < -0.4 is 10.2 Å². The number of amides is 1. The molecular weight excluding hydrogens is 468 g/mol. The zero-order chi connectivity index (χ0) is 25.5. The van der Waals surface area contributed by atoms with Gasteiger partial charge in [0.05, 0.1) is 23.0 Å². The van der Waals surface area contributed by atoms with Gasteiger partial charge in [-0.25, -0.2) is 15.0 Å². The molecule has 188 valence electrons. The maximum Gasteiger partial charge on any atom is 0.226 e. The Morgan fingerprint density at radius 2 is 1.84 bits per heavy atom. The Morgan fingerprint density at radius 3 is 2.65 bits per heavy atom. The van der Waals surface area contributed by atoms with Crippen LogP contribution in [0.25, 0.3) is 44.8 Å². The molecule has 1 saturated heterocycles. The molecule has 11 heteroatoms. The number of pyridine rings is 3. The van der Waals surface area contributed by atoms with E-state index in [0.29, 0.717) is 22.9 Å². The van der Waals surface area contributed by atoms with Crippen LogP contribution >= 0.6 is 0 Å². The molecule has 0 radical (unpaired) electrons. The number of piperazine rings is 1. The summed E-state index contributed by atoms with van der Waals surface area (Å²) in [7, 11) is 2.14. The first kappa shape index (κ1) is 23.0. The molecule has 0 saturated carbocycles. The molecule has 5 aromatic rings. The third kappa shape index (κ3) is 4.38. The third-order valence-electron chi connectivity index (χ3n) is 6.71. The first-order valence-electron chi connectivity index (χ1n) is 12.4. The van der Waals surface area contributed by atoms with E-state index in [1.165, 1.54) is 0 Å². The number of nitrogens with zero attached hydrogens (tertiary/aromatic N) is 7. The van der Waals surface area contributed by atoms with Crippen LogP contribution in [0.5, 0.6) is 0 Å². The third-order valence-corrected chi connectivity index (χ3v) is 6.71. The number of rotatable bonds is 5. The van der Waals surface area contributed by atoms with Crippen molar-refractivity contribution in [1.29, 1.82) is 0 Å². The van der Waals surface area contributed by atoms with Gasteiger partial charge in [-0.3, -0.25) is 14.9 Å². The largest absolute Gasteiger partial charge is 0.367 e. The molecule has 37 heavy (non-hydrogen) atoms. The maximum atomic E-state index is 12.1. The molecule has 5 aromatic heterocycles. The van der Waals surface area contributed by atoms with Gasteiger partial charge in [-0.1, -0.05) is 13.8 Å². The van der Waals surface area contributed by atoms with Crippen molar-refractivity contribution in [3.8, 4) is 22.6 Å². The van der Waals surface area contributed by atoms with Crippen molar-refractivity contribution in [3.05, 3.63) is 43.0 Å². The molecule has 6 heterocycles. The number of aromatic amines is 2. The van der Waals surface area contributed by atoms with E-state index in [0.717, 1.165) is 59.5 Å². The van der Waals surface area contributed by atoms with Gasteiger partial charge in [0.15, 0.2) is 17.1 Å². The highest BCUT2D eigenvalue weighted by Crippen LogP contribution is 2.31. The molecular formula is C26H28N10O. The summed E-state index contributed by atoms with van der Waals surface area (Å²) < 4.78 is 0. The van der Waals surface area contributed by atoms with Crippen molar-refractivity contribution >= 4 is 39.5 Å². The van der Waals surface area contributed by atoms with Crippen molar-refractivity contribution in [2.75, 3.05) is 43.4 Å². The van der Waals surface area contributed by atoms with Gasteiger partial charge in [0.25, 0.3) is 0 Å². The van der Waals surface area contributed by atoms with Crippen LogP contribution in [0.2, 0.25) is 0 Å². The van der Waals surface area contributed by atoms with Crippen molar-refractivity contribution in [1.82, 2.24) is 40.0 Å². The Kier molecular flexibility index (Phi) is 5.76. The number of hydrogen-bond donors (Lipinski definition) is 3.